The van der Waals surface area contributed by atoms with E-state index in [1.807, 2.05) is 11.9 Å². The van der Waals surface area contributed by atoms with Crippen LogP contribution in [0.2, 0.25) is 10.0 Å². The minimum Gasteiger partial charge on any atom is -0.322 e. The van der Waals surface area contributed by atoms with E-state index in [1.165, 1.54) is 18.5 Å². The van der Waals surface area contributed by atoms with E-state index < -0.39 is 0 Å². The highest BCUT2D eigenvalue weighted by atomic mass is 35.5. The molecule has 3 rings (SSSR count). The van der Waals surface area contributed by atoms with E-state index in [1.54, 1.807) is 18.2 Å². The molecule has 1 amide bonds. The number of carbonyl (C=O) groups is 1. The molecule has 2 aromatic rings. The molecule has 0 bridgehead atoms. The Balaban J connectivity index is 1.57. The summed E-state index contributed by atoms with van der Waals surface area (Å²) in [6.07, 6.45) is 3.50. The van der Waals surface area contributed by atoms with Crippen molar-refractivity contribution in [1.29, 1.82) is 0 Å². The third-order valence-corrected chi connectivity index (χ3v) is 4.67. The van der Waals surface area contributed by atoms with Crippen molar-refractivity contribution in [3.05, 3.63) is 45.7 Å². The molecule has 24 heavy (non-hydrogen) atoms. The van der Waals surface area contributed by atoms with E-state index in [9.17, 15) is 4.79 Å². The molecule has 0 spiro atoms. The first-order chi connectivity index (χ1) is 11.5. The Kier molecular flexibility index (Phi) is 5.43. The number of anilines is 1. The van der Waals surface area contributed by atoms with Gasteiger partial charge >= 0.3 is 0 Å². The van der Waals surface area contributed by atoms with Crippen LogP contribution in [-0.2, 0) is 24.3 Å². The molecule has 0 unspecified atom stereocenters. The van der Waals surface area contributed by atoms with Crippen molar-refractivity contribution in [1.82, 2.24) is 14.7 Å². The molecule has 5 nitrogen and oxygen atoms in total. The first kappa shape index (κ1) is 17.3. The highest BCUT2D eigenvalue weighted by Gasteiger charge is 2.15. The van der Waals surface area contributed by atoms with Crippen molar-refractivity contribution < 1.29 is 4.79 Å². The van der Waals surface area contributed by atoms with Gasteiger partial charge in [-0.3, -0.25) is 14.4 Å². The molecular formula is C17H20Cl2N4O. The van der Waals surface area contributed by atoms with Crippen LogP contribution in [0.4, 0.5) is 5.69 Å². The molecule has 7 heteroatoms. The normalized spacial score (nSPS) is 13.8. The molecule has 0 fully saturated rings. The van der Waals surface area contributed by atoms with Gasteiger partial charge in [-0.15, -0.1) is 0 Å². The summed E-state index contributed by atoms with van der Waals surface area (Å²) >= 11 is 12.1. The predicted octanol–water partition coefficient (Wildman–Crippen LogP) is 3.60. The van der Waals surface area contributed by atoms with Crippen LogP contribution < -0.4 is 5.32 Å². The van der Waals surface area contributed by atoms with Gasteiger partial charge in [-0.25, -0.2) is 0 Å². The number of likely N-dealkylation sites (N-methyl/N-ethyl adjacent to an activating group) is 1. The number of benzene rings is 1. The molecule has 1 aromatic heterocycles. The van der Waals surface area contributed by atoms with E-state index in [2.05, 4.69) is 21.2 Å². The number of nitrogens with one attached hydrogen (secondary N) is 1. The second-order valence-corrected chi connectivity index (χ2v) is 6.94. The number of carbonyl (C=O) groups excluding carboxylic acids is 1. The SMILES string of the molecule is CN(CC(=O)Nc1c(Cl)cccc1Cl)Cc1cc2n(n1)CCCC2. The van der Waals surface area contributed by atoms with Gasteiger partial charge in [0, 0.05) is 18.8 Å². The number of para-hydroxylation sites is 1. The van der Waals surface area contributed by atoms with E-state index in [4.69, 9.17) is 23.2 Å². The minimum absolute atomic E-state index is 0.156. The summed E-state index contributed by atoms with van der Waals surface area (Å²) in [7, 11) is 1.89. The zero-order valence-electron chi connectivity index (χ0n) is 13.6. The smallest absolute Gasteiger partial charge is 0.238 e. The van der Waals surface area contributed by atoms with Gasteiger partial charge in [-0.05, 0) is 44.5 Å². The van der Waals surface area contributed by atoms with Crippen LogP contribution in [-0.4, -0.2) is 34.2 Å². The molecule has 128 valence electrons. The number of rotatable bonds is 5. The van der Waals surface area contributed by atoms with Gasteiger partial charge in [0.2, 0.25) is 5.91 Å². The maximum absolute atomic E-state index is 12.2. The lowest BCUT2D eigenvalue weighted by Crippen LogP contribution is -2.30. The fraction of sp³-hybridized carbons (Fsp3) is 0.412. The number of hydrogen-bond acceptors (Lipinski definition) is 3. The second kappa shape index (κ2) is 7.55. The molecule has 1 aromatic carbocycles. The molecule has 1 aliphatic rings. The fourth-order valence-electron chi connectivity index (χ4n) is 2.93. The van der Waals surface area contributed by atoms with Crippen molar-refractivity contribution >= 4 is 34.8 Å². The highest BCUT2D eigenvalue weighted by molar-refractivity contribution is 6.39. The Bertz CT molecular complexity index is 700. The summed E-state index contributed by atoms with van der Waals surface area (Å²) in [5, 5.41) is 8.25. The Morgan fingerprint density at radius 3 is 2.79 bits per heavy atom. The third kappa shape index (κ3) is 4.09. The summed E-state index contributed by atoms with van der Waals surface area (Å²) < 4.78 is 2.08. The molecule has 0 radical (unpaired) electrons. The second-order valence-electron chi connectivity index (χ2n) is 6.12. The van der Waals surface area contributed by atoms with E-state index in [0.29, 0.717) is 22.3 Å². The van der Waals surface area contributed by atoms with Crippen LogP contribution in [0.1, 0.15) is 24.2 Å². The van der Waals surface area contributed by atoms with Crippen molar-refractivity contribution in [3.8, 4) is 0 Å². The Morgan fingerprint density at radius 1 is 1.33 bits per heavy atom. The molecule has 0 atom stereocenters. The van der Waals surface area contributed by atoms with Crippen molar-refractivity contribution in [2.75, 3.05) is 18.9 Å². The average Bonchev–Trinajstić information content (AvgIpc) is 2.93. The summed E-state index contributed by atoms with van der Waals surface area (Å²) in [5.41, 5.74) is 2.74. The zero-order chi connectivity index (χ0) is 17.1. The molecular weight excluding hydrogens is 347 g/mol. The average molecular weight is 367 g/mol. The number of aromatic nitrogens is 2. The molecule has 0 saturated carbocycles. The molecule has 2 heterocycles. The van der Waals surface area contributed by atoms with Crippen LogP contribution in [0.3, 0.4) is 0 Å². The number of halogens is 2. The van der Waals surface area contributed by atoms with Gasteiger partial charge in [0.15, 0.2) is 0 Å². The predicted molar refractivity (Wildman–Crippen MR) is 96.6 cm³/mol. The minimum atomic E-state index is -0.156. The molecule has 0 saturated heterocycles. The lowest BCUT2D eigenvalue weighted by Gasteiger charge is -2.16. The monoisotopic (exact) mass is 366 g/mol. The number of nitrogens with zero attached hydrogens (tertiary/aromatic N) is 3. The number of amides is 1. The van der Waals surface area contributed by atoms with Crippen LogP contribution in [0, 0.1) is 0 Å². The molecule has 0 aliphatic carbocycles. The maximum atomic E-state index is 12.2. The van der Waals surface area contributed by atoms with E-state index in [-0.39, 0.29) is 12.5 Å². The lowest BCUT2D eigenvalue weighted by molar-refractivity contribution is -0.117. The zero-order valence-corrected chi connectivity index (χ0v) is 15.1. The summed E-state index contributed by atoms with van der Waals surface area (Å²) in [6, 6.07) is 7.27. The number of hydrogen-bond donors (Lipinski definition) is 1. The Morgan fingerprint density at radius 2 is 2.08 bits per heavy atom. The summed E-state index contributed by atoms with van der Waals surface area (Å²) in [5.74, 6) is -0.156. The first-order valence-electron chi connectivity index (χ1n) is 8.01. The quantitative estimate of drug-likeness (QED) is 0.879. The standard InChI is InChI=1S/C17H20Cl2N4O/c1-22(10-12-9-13-5-2-3-8-23(13)21-12)11-16(24)20-17-14(18)6-4-7-15(17)19/h4,6-7,9H,2-3,5,8,10-11H2,1H3,(H,20,24). The van der Waals surface area contributed by atoms with Crippen molar-refractivity contribution in [3.63, 3.8) is 0 Å². The van der Waals surface area contributed by atoms with Gasteiger partial charge in [-0.1, -0.05) is 29.3 Å². The van der Waals surface area contributed by atoms with Crippen LogP contribution in [0.25, 0.3) is 0 Å². The third-order valence-electron chi connectivity index (χ3n) is 4.04. The topological polar surface area (TPSA) is 50.2 Å². The number of aryl methyl sites for hydroxylation is 2. The van der Waals surface area contributed by atoms with Gasteiger partial charge in [0.1, 0.15) is 0 Å². The van der Waals surface area contributed by atoms with E-state index in [0.717, 1.165) is 18.7 Å². The lowest BCUT2D eigenvalue weighted by atomic mass is 10.1. The van der Waals surface area contributed by atoms with Gasteiger partial charge in [0.05, 0.1) is 28.0 Å². The molecule has 1 aliphatic heterocycles. The fourth-order valence-corrected chi connectivity index (χ4v) is 3.42. The summed E-state index contributed by atoms with van der Waals surface area (Å²) in [4.78, 5) is 14.1. The van der Waals surface area contributed by atoms with Crippen LogP contribution >= 0.6 is 23.2 Å². The van der Waals surface area contributed by atoms with Crippen molar-refractivity contribution in [2.45, 2.75) is 32.4 Å². The van der Waals surface area contributed by atoms with Crippen LogP contribution in [0.15, 0.2) is 24.3 Å². The van der Waals surface area contributed by atoms with Gasteiger partial charge in [-0.2, -0.15) is 5.10 Å². The van der Waals surface area contributed by atoms with Crippen LogP contribution in [0.5, 0.6) is 0 Å². The maximum Gasteiger partial charge on any atom is 0.238 e. The number of fused-ring (bicyclic) bond motifs is 1. The van der Waals surface area contributed by atoms with E-state index >= 15 is 0 Å². The first-order valence-corrected chi connectivity index (χ1v) is 8.76. The van der Waals surface area contributed by atoms with Gasteiger partial charge in [0.25, 0.3) is 0 Å². The summed E-state index contributed by atoms with van der Waals surface area (Å²) in [6.45, 7) is 1.86. The molecule has 1 N–H and O–H groups in total. The Labute approximate surface area is 151 Å². The Hall–Kier alpha value is -1.56. The van der Waals surface area contributed by atoms with Crippen molar-refractivity contribution in [2.24, 2.45) is 0 Å². The largest absolute Gasteiger partial charge is 0.322 e. The van der Waals surface area contributed by atoms with Gasteiger partial charge < -0.3 is 5.32 Å². The highest BCUT2D eigenvalue weighted by Crippen LogP contribution is 2.29.